The highest BCUT2D eigenvalue weighted by molar-refractivity contribution is 6.07. The van der Waals surface area contributed by atoms with Crippen molar-refractivity contribution >= 4 is 17.3 Å². The molecule has 1 heterocycles. The third-order valence-corrected chi connectivity index (χ3v) is 3.43. The standard InChI is InChI=1S/C17H14N4O3/c22-17(15-7-1-2-8-16(15)21(23)24)19-14-6-3-5-13(11-14)12-20-10-4-9-18-20/h1-11H,12H2,(H,19,22). The number of para-hydroxylation sites is 1. The van der Waals surface area contributed by atoms with Crippen molar-refractivity contribution in [2.24, 2.45) is 0 Å². The van der Waals surface area contributed by atoms with Gasteiger partial charge < -0.3 is 5.32 Å². The molecular weight excluding hydrogens is 308 g/mol. The molecule has 0 saturated carbocycles. The number of hydrogen-bond acceptors (Lipinski definition) is 4. The summed E-state index contributed by atoms with van der Waals surface area (Å²) in [7, 11) is 0. The molecule has 0 radical (unpaired) electrons. The Morgan fingerprint density at radius 2 is 2.00 bits per heavy atom. The average molecular weight is 322 g/mol. The molecule has 1 aromatic heterocycles. The minimum absolute atomic E-state index is 0.0278. The maximum absolute atomic E-state index is 12.3. The first-order valence-electron chi connectivity index (χ1n) is 7.24. The van der Waals surface area contributed by atoms with Crippen LogP contribution < -0.4 is 5.32 Å². The molecule has 120 valence electrons. The fourth-order valence-corrected chi connectivity index (χ4v) is 2.35. The molecular formula is C17H14N4O3. The Morgan fingerprint density at radius 3 is 2.75 bits per heavy atom. The van der Waals surface area contributed by atoms with Gasteiger partial charge in [0.1, 0.15) is 5.56 Å². The summed E-state index contributed by atoms with van der Waals surface area (Å²) in [5.41, 5.74) is 1.34. The Hall–Kier alpha value is -3.48. The molecule has 2 aromatic carbocycles. The number of benzene rings is 2. The Labute approximate surface area is 137 Å². The van der Waals surface area contributed by atoms with E-state index in [1.807, 2.05) is 30.5 Å². The van der Waals surface area contributed by atoms with Gasteiger partial charge in [0.05, 0.1) is 11.5 Å². The number of nitro groups is 1. The van der Waals surface area contributed by atoms with Crippen molar-refractivity contribution < 1.29 is 9.72 Å². The summed E-state index contributed by atoms with van der Waals surface area (Å²) >= 11 is 0. The van der Waals surface area contributed by atoms with E-state index in [1.54, 1.807) is 23.0 Å². The van der Waals surface area contributed by atoms with Gasteiger partial charge in [-0.2, -0.15) is 5.10 Å². The Morgan fingerprint density at radius 1 is 1.17 bits per heavy atom. The molecule has 3 aromatic rings. The van der Waals surface area contributed by atoms with Crippen LogP contribution in [0.15, 0.2) is 67.0 Å². The number of carbonyl (C=O) groups is 1. The van der Waals surface area contributed by atoms with Crippen LogP contribution in [0.2, 0.25) is 0 Å². The van der Waals surface area contributed by atoms with Gasteiger partial charge in [-0.05, 0) is 29.8 Å². The van der Waals surface area contributed by atoms with E-state index in [4.69, 9.17) is 0 Å². The number of nitrogens with one attached hydrogen (secondary N) is 1. The molecule has 1 amide bonds. The lowest BCUT2D eigenvalue weighted by molar-refractivity contribution is -0.385. The number of nitro benzene ring substituents is 1. The first-order valence-corrected chi connectivity index (χ1v) is 7.24. The largest absolute Gasteiger partial charge is 0.322 e. The van der Waals surface area contributed by atoms with Crippen molar-refractivity contribution in [1.29, 1.82) is 0 Å². The van der Waals surface area contributed by atoms with Crippen molar-refractivity contribution in [2.75, 3.05) is 5.32 Å². The first kappa shape index (κ1) is 15.4. The Bertz CT molecular complexity index is 875. The maximum atomic E-state index is 12.3. The van der Waals surface area contributed by atoms with Crippen molar-refractivity contribution in [1.82, 2.24) is 9.78 Å². The number of hydrogen-bond donors (Lipinski definition) is 1. The minimum Gasteiger partial charge on any atom is -0.322 e. The lowest BCUT2D eigenvalue weighted by Gasteiger charge is -2.08. The summed E-state index contributed by atoms with van der Waals surface area (Å²) in [6, 6.07) is 15.0. The second-order valence-corrected chi connectivity index (χ2v) is 5.13. The monoisotopic (exact) mass is 322 g/mol. The topological polar surface area (TPSA) is 90.1 Å². The molecule has 0 aliphatic carbocycles. The van der Waals surface area contributed by atoms with Gasteiger partial charge in [-0.15, -0.1) is 0 Å². The molecule has 0 unspecified atom stereocenters. The zero-order valence-electron chi connectivity index (χ0n) is 12.6. The number of amides is 1. The zero-order chi connectivity index (χ0) is 16.9. The quantitative estimate of drug-likeness (QED) is 0.577. The van der Waals surface area contributed by atoms with Gasteiger partial charge in [-0.3, -0.25) is 19.6 Å². The Balaban J connectivity index is 1.79. The highest BCUT2D eigenvalue weighted by Crippen LogP contribution is 2.20. The van der Waals surface area contributed by atoms with Crippen molar-refractivity contribution in [3.8, 4) is 0 Å². The van der Waals surface area contributed by atoms with E-state index in [2.05, 4.69) is 10.4 Å². The second kappa shape index (κ2) is 6.74. The molecule has 0 spiro atoms. The normalized spacial score (nSPS) is 10.3. The van der Waals surface area contributed by atoms with E-state index in [-0.39, 0.29) is 11.3 Å². The van der Waals surface area contributed by atoms with Crippen LogP contribution in [0.4, 0.5) is 11.4 Å². The van der Waals surface area contributed by atoms with Crippen LogP contribution >= 0.6 is 0 Å². The van der Waals surface area contributed by atoms with E-state index in [0.717, 1.165) is 5.56 Å². The second-order valence-electron chi connectivity index (χ2n) is 5.13. The summed E-state index contributed by atoms with van der Waals surface area (Å²) in [6.45, 7) is 0.572. The van der Waals surface area contributed by atoms with Crippen molar-refractivity contribution in [3.63, 3.8) is 0 Å². The van der Waals surface area contributed by atoms with Gasteiger partial charge in [-0.1, -0.05) is 24.3 Å². The fraction of sp³-hybridized carbons (Fsp3) is 0.0588. The van der Waals surface area contributed by atoms with Gasteiger partial charge in [0.25, 0.3) is 11.6 Å². The summed E-state index contributed by atoms with van der Waals surface area (Å²) in [5, 5.41) is 17.9. The van der Waals surface area contributed by atoms with E-state index >= 15 is 0 Å². The highest BCUT2D eigenvalue weighted by Gasteiger charge is 2.19. The third-order valence-electron chi connectivity index (χ3n) is 3.43. The number of nitrogens with zero attached hydrogens (tertiary/aromatic N) is 3. The molecule has 0 bridgehead atoms. The van der Waals surface area contributed by atoms with Crippen LogP contribution in [-0.2, 0) is 6.54 Å². The SMILES string of the molecule is O=C(Nc1cccc(Cn2cccn2)c1)c1ccccc1[N+](=O)[O-]. The van der Waals surface area contributed by atoms with Crippen LogP contribution in [-0.4, -0.2) is 20.6 Å². The van der Waals surface area contributed by atoms with E-state index < -0.39 is 10.8 Å². The van der Waals surface area contributed by atoms with Gasteiger partial charge in [-0.25, -0.2) is 0 Å². The molecule has 0 aliphatic rings. The van der Waals surface area contributed by atoms with Crippen LogP contribution in [0.5, 0.6) is 0 Å². The summed E-state index contributed by atoms with van der Waals surface area (Å²) in [6.07, 6.45) is 3.54. The third kappa shape index (κ3) is 3.46. The summed E-state index contributed by atoms with van der Waals surface area (Å²) in [5.74, 6) is -0.515. The highest BCUT2D eigenvalue weighted by atomic mass is 16.6. The first-order chi connectivity index (χ1) is 11.6. The Kier molecular flexibility index (Phi) is 4.33. The van der Waals surface area contributed by atoms with Crippen LogP contribution in [0.3, 0.4) is 0 Å². The molecule has 3 rings (SSSR count). The lowest BCUT2D eigenvalue weighted by atomic mass is 10.1. The van der Waals surface area contributed by atoms with Gasteiger partial charge >= 0.3 is 0 Å². The summed E-state index contributed by atoms with van der Waals surface area (Å²) in [4.78, 5) is 22.8. The van der Waals surface area contributed by atoms with Crippen LogP contribution in [0, 0.1) is 10.1 Å². The number of anilines is 1. The number of carbonyl (C=O) groups excluding carboxylic acids is 1. The lowest BCUT2D eigenvalue weighted by Crippen LogP contribution is -2.14. The number of aromatic nitrogens is 2. The van der Waals surface area contributed by atoms with Crippen molar-refractivity contribution in [3.05, 3.63) is 88.2 Å². The molecule has 0 atom stereocenters. The van der Waals surface area contributed by atoms with E-state index in [9.17, 15) is 14.9 Å². The fourth-order valence-electron chi connectivity index (χ4n) is 2.35. The molecule has 1 N–H and O–H groups in total. The van der Waals surface area contributed by atoms with E-state index in [1.165, 1.54) is 18.2 Å². The van der Waals surface area contributed by atoms with Gasteiger partial charge in [0, 0.05) is 24.1 Å². The molecule has 7 heteroatoms. The molecule has 0 aliphatic heterocycles. The van der Waals surface area contributed by atoms with Crippen molar-refractivity contribution in [2.45, 2.75) is 6.54 Å². The smallest absolute Gasteiger partial charge is 0.282 e. The number of rotatable bonds is 5. The molecule has 0 saturated heterocycles. The minimum atomic E-state index is -0.566. The summed E-state index contributed by atoms with van der Waals surface area (Å²) < 4.78 is 1.77. The van der Waals surface area contributed by atoms with Crippen LogP contribution in [0.1, 0.15) is 15.9 Å². The zero-order valence-corrected chi connectivity index (χ0v) is 12.6. The van der Waals surface area contributed by atoms with E-state index in [0.29, 0.717) is 12.2 Å². The van der Waals surface area contributed by atoms with Gasteiger partial charge in [0.2, 0.25) is 0 Å². The van der Waals surface area contributed by atoms with Crippen LogP contribution in [0.25, 0.3) is 0 Å². The van der Waals surface area contributed by atoms with Gasteiger partial charge in [0.15, 0.2) is 0 Å². The molecule has 0 fully saturated rings. The average Bonchev–Trinajstić information content (AvgIpc) is 3.08. The predicted octanol–water partition coefficient (Wildman–Crippen LogP) is 3.09. The molecule has 24 heavy (non-hydrogen) atoms. The maximum Gasteiger partial charge on any atom is 0.282 e. The molecule has 7 nitrogen and oxygen atoms in total. The predicted molar refractivity (Wildman–Crippen MR) is 88.8 cm³/mol.